The summed E-state index contributed by atoms with van der Waals surface area (Å²) in [7, 11) is 0. The molecule has 3 N–H and O–H groups in total. The largest absolute Gasteiger partial charge is 0.382 e. The highest BCUT2D eigenvalue weighted by atomic mass is 15.2. The highest BCUT2D eigenvalue weighted by Gasteiger charge is 2.19. The van der Waals surface area contributed by atoms with Crippen molar-refractivity contribution in [3.8, 4) is 0 Å². The van der Waals surface area contributed by atoms with Crippen molar-refractivity contribution in [2.75, 3.05) is 11.1 Å². The number of anilines is 2. The highest BCUT2D eigenvalue weighted by molar-refractivity contribution is 5.39. The third-order valence-electron chi connectivity index (χ3n) is 3.38. The molecule has 1 aliphatic carbocycles. The van der Waals surface area contributed by atoms with Crippen molar-refractivity contribution in [1.29, 1.82) is 0 Å². The van der Waals surface area contributed by atoms with Gasteiger partial charge in [0.2, 0.25) is 0 Å². The predicted octanol–water partition coefficient (Wildman–Crippen LogP) is 2.44. The maximum Gasteiger partial charge on any atom is 0.149 e. The zero-order valence-corrected chi connectivity index (χ0v) is 9.82. The molecule has 0 aromatic carbocycles. The van der Waals surface area contributed by atoms with Crippen molar-refractivity contribution in [3.05, 3.63) is 12.1 Å². The van der Waals surface area contributed by atoms with E-state index in [1.807, 2.05) is 6.07 Å². The van der Waals surface area contributed by atoms with Crippen LogP contribution >= 0.6 is 0 Å². The molecule has 0 radical (unpaired) electrons. The highest BCUT2D eigenvalue weighted by Crippen LogP contribution is 2.25. The lowest BCUT2D eigenvalue weighted by Gasteiger charge is -2.22. The Bertz CT molecular complexity index is 322. The molecule has 0 spiro atoms. The number of hydrogen-bond acceptors (Lipinski definition) is 4. The molecule has 1 aromatic heterocycles. The maximum absolute atomic E-state index is 5.51. The molecule has 16 heavy (non-hydrogen) atoms. The van der Waals surface area contributed by atoms with E-state index in [0.717, 1.165) is 5.82 Å². The average molecular weight is 220 g/mol. The Morgan fingerprint density at radius 3 is 2.75 bits per heavy atom. The van der Waals surface area contributed by atoms with Gasteiger partial charge in [0, 0.05) is 6.04 Å². The van der Waals surface area contributed by atoms with Gasteiger partial charge in [-0.1, -0.05) is 26.2 Å². The first-order chi connectivity index (χ1) is 7.75. The lowest BCUT2D eigenvalue weighted by atomic mass is 9.97. The molecule has 0 amide bonds. The molecule has 1 heterocycles. The Morgan fingerprint density at radius 1 is 1.19 bits per heavy atom. The summed E-state index contributed by atoms with van der Waals surface area (Å²) in [6.07, 6.45) is 6.56. The SMILES string of the molecule is CC1CCCCCC1Nc1ccc(N)nn1. The number of hydrogen-bond donors (Lipinski definition) is 2. The van der Waals surface area contributed by atoms with Gasteiger partial charge >= 0.3 is 0 Å². The van der Waals surface area contributed by atoms with E-state index in [1.54, 1.807) is 6.07 Å². The molecule has 4 heteroatoms. The predicted molar refractivity (Wildman–Crippen MR) is 66.1 cm³/mol. The van der Waals surface area contributed by atoms with Crippen LogP contribution in [0.3, 0.4) is 0 Å². The molecule has 2 atom stereocenters. The molecular weight excluding hydrogens is 200 g/mol. The quantitative estimate of drug-likeness (QED) is 0.751. The van der Waals surface area contributed by atoms with Crippen LogP contribution < -0.4 is 11.1 Å². The maximum atomic E-state index is 5.51. The van der Waals surface area contributed by atoms with Crippen LogP contribution in [0.5, 0.6) is 0 Å². The minimum Gasteiger partial charge on any atom is -0.382 e. The molecule has 1 aliphatic rings. The van der Waals surface area contributed by atoms with Gasteiger partial charge in [0.05, 0.1) is 0 Å². The first kappa shape index (κ1) is 11.2. The number of nitrogens with two attached hydrogens (primary N) is 1. The number of nitrogens with zero attached hydrogens (tertiary/aromatic N) is 2. The van der Waals surface area contributed by atoms with Gasteiger partial charge < -0.3 is 11.1 Å². The summed E-state index contributed by atoms with van der Waals surface area (Å²) >= 11 is 0. The van der Waals surface area contributed by atoms with Crippen LogP contribution in [0.25, 0.3) is 0 Å². The molecule has 4 nitrogen and oxygen atoms in total. The Balaban J connectivity index is 1.99. The van der Waals surface area contributed by atoms with E-state index in [4.69, 9.17) is 5.73 Å². The number of nitrogen functional groups attached to an aromatic ring is 1. The van der Waals surface area contributed by atoms with E-state index in [-0.39, 0.29) is 0 Å². The Morgan fingerprint density at radius 2 is 2.00 bits per heavy atom. The summed E-state index contributed by atoms with van der Waals surface area (Å²) < 4.78 is 0. The van der Waals surface area contributed by atoms with Gasteiger partial charge in [-0.3, -0.25) is 0 Å². The monoisotopic (exact) mass is 220 g/mol. The fourth-order valence-corrected chi connectivity index (χ4v) is 2.32. The van der Waals surface area contributed by atoms with E-state index in [1.165, 1.54) is 32.1 Å². The van der Waals surface area contributed by atoms with Crippen molar-refractivity contribution in [2.24, 2.45) is 5.92 Å². The molecule has 1 aromatic rings. The fourth-order valence-electron chi connectivity index (χ4n) is 2.32. The van der Waals surface area contributed by atoms with Gasteiger partial charge in [-0.2, -0.15) is 0 Å². The zero-order chi connectivity index (χ0) is 11.4. The first-order valence-corrected chi connectivity index (χ1v) is 6.11. The number of nitrogens with one attached hydrogen (secondary N) is 1. The summed E-state index contributed by atoms with van der Waals surface area (Å²) in [6.45, 7) is 2.31. The smallest absolute Gasteiger partial charge is 0.149 e. The number of aromatic nitrogens is 2. The molecule has 0 bridgehead atoms. The van der Waals surface area contributed by atoms with Crippen molar-refractivity contribution in [1.82, 2.24) is 10.2 Å². The second-order valence-electron chi connectivity index (χ2n) is 4.71. The van der Waals surface area contributed by atoms with Crippen molar-refractivity contribution >= 4 is 11.6 Å². The lowest BCUT2D eigenvalue weighted by molar-refractivity contribution is 0.455. The third-order valence-corrected chi connectivity index (χ3v) is 3.38. The van der Waals surface area contributed by atoms with Crippen LogP contribution in [0.1, 0.15) is 39.0 Å². The van der Waals surface area contributed by atoms with Crippen LogP contribution in [0, 0.1) is 5.92 Å². The van der Waals surface area contributed by atoms with Gasteiger partial charge in [-0.15, -0.1) is 10.2 Å². The summed E-state index contributed by atoms with van der Waals surface area (Å²) in [5.41, 5.74) is 5.51. The van der Waals surface area contributed by atoms with Crippen LogP contribution in [0.15, 0.2) is 12.1 Å². The summed E-state index contributed by atoms with van der Waals surface area (Å²) in [4.78, 5) is 0. The topological polar surface area (TPSA) is 63.8 Å². The van der Waals surface area contributed by atoms with Crippen molar-refractivity contribution in [3.63, 3.8) is 0 Å². The van der Waals surface area contributed by atoms with E-state index < -0.39 is 0 Å². The second kappa shape index (κ2) is 5.14. The van der Waals surface area contributed by atoms with Gasteiger partial charge in [0.15, 0.2) is 0 Å². The molecule has 1 fully saturated rings. The molecule has 1 saturated carbocycles. The summed E-state index contributed by atoms with van der Waals surface area (Å²) in [5, 5.41) is 11.4. The zero-order valence-electron chi connectivity index (χ0n) is 9.82. The van der Waals surface area contributed by atoms with Crippen molar-refractivity contribution in [2.45, 2.75) is 45.1 Å². The molecular formula is C12H20N4. The molecule has 2 rings (SSSR count). The Labute approximate surface area is 96.6 Å². The normalized spacial score (nSPS) is 26.1. The minimum atomic E-state index is 0.472. The van der Waals surface area contributed by atoms with Crippen LogP contribution in [0.2, 0.25) is 0 Å². The van der Waals surface area contributed by atoms with Gasteiger partial charge in [0.1, 0.15) is 11.6 Å². The fraction of sp³-hybridized carbons (Fsp3) is 0.667. The summed E-state index contributed by atoms with van der Waals surface area (Å²) in [5.74, 6) is 2.02. The van der Waals surface area contributed by atoms with E-state index in [2.05, 4.69) is 22.4 Å². The van der Waals surface area contributed by atoms with Crippen LogP contribution in [-0.4, -0.2) is 16.2 Å². The van der Waals surface area contributed by atoms with E-state index in [9.17, 15) is 0 Å². The third kappa shape index (κ3) is 2.84. The van der Waals surface area contributed by atoms with Crippen LogP contribution in [0.4, 0.5) is 11.6 Å². The van der Waals surface area contributed by atoms with Gasteiger partial charge in [-0.25, -0.2) is 0 Å². The standard InChI is InChI=1S/C12H20N4/c1-9-5-3-2-4-6-10(9)14-12-8-7-11(13)15-16-12/h7-10H,2-6H2,1H3,(H2,13,15)(H,14,16). The molecule has 2 unspecified atom stereocenters. The Hall–Kier alpha value is -1.32. The van der Waals surface area contributed by atoms with E-state index in [0.29, 0.717) is 17.8 Å². The molecule has 0 saturated heterocycles. The lowest BCUT2D eigenvalue weighted by Crippen LogP contribution is -2.26. The Kier molecular flexibility index (Phi) is 3.59. The molecule has 88 valence electrons. The summed E-state index contributed by atoms with van der Waals surface area (Å²) in [6, 6.07) is 4.22. The average Bonchev–Trinajstić information content (AvgIpc) is 2.48. The minimum absolute atomic E-state index is 0.472. The van der Waals surface area contributed by atoms with Crippen molar-refractivity contribution < 1.29 is 0 Å². The van der Waals surface area contributed by atoms with Gasteiger partial charge in [-0.05, 0) is 30.9 Å². The van der Waals surface area contributed by atoms with Crippen LogP contribution in [-0.2, 0) is 0 Å². The first-order valence-electron chi connectivity index (χ1n) is 6.11. The number of rotatable bonds is 2. The molecule has 0 aliphatic heterocycles. The van der Waals surface area contributed by atoms with Gasteiger partial charge in [0.25, 0.3) is 0 Å². The second-order valence-corrected chi connectivity index (χ2v) is 4.71. The van der Waals surface area contributed by atoms with E-state index >= 15 is 0 Å².